The largest absolute Gasteiger partial charge is 1.00 e. The van der Waals surface area contributed by atoms with Crippen molar-refractivity contribution in [2.24, 2.45) is 0 Å². The first kappa shape index (κ1) is 34.3. The molecule has 0 spiro atoms. The summed E-state index contributed by atoms with van der Waals surface area (Å²) in [6.07, 6.45) is 15.1. The molecule has 6 rings (SSSR count). The van der Waals surface area contributed by atoms with Crippen molar-refractivity contribution in [2.75, 3.05) is 12.3 Å². The molecule has 0 nitrogen and oxygen atoms in total. The second kappa shape index (κ2) is 16.5. The van der Waals surface area contributed by atoms with E-state index in [2.05, 4.69) is 84.6 Å². The van der Waals surface area contributed by atoms with E-state index in [1.165, 1.54) is 44.5 Å². The molecule has 0 saturated heterocycles. The van der Waals surface area contributed by atoms with Crippen molar-refractivity contribution in [1.82, 2.24) is 0 Å². The molecule has 0 N–H and O–H groups in total. The van der Waals surface area contributed by atoms with Crippen molar-refractivity contribution in [3.63, 3.8) is 0 Å². The van der Waals surface area contributed by atoms with Gasteiger partial charge in [0.15, 0.2) is 12.3 Å². The van der Waals surface area contributed by atoms with E-state index >= 15 is 0 Å². The molecule has 2 aliphatic carbocycles. The molecule has 4 aromatic carbocycles. The van der Waals surface area contributed by atoms with Crippen LogP contribution in [0.5, 0.6) is 0 Å². The van der Waals surface area contributed by atoms with Crippen LogP contribution in [0, 0.1) is 24.7 Å². The van der Waals surface area contributed by atoms with Gasteiger partial charge in [0.25, 0.3) is 0 Å². The van der Waals surface area contributed by atoms with E-state index in [1.54, 1.807) is 0 Å². The number of fused-ring (bicyclic) bond motifs is 6. The average Bonchev–Trinajstić information content (AvgIpc) is 3.49. The van der Waals surface area contributed by atoms with Crippen LogP contribution in [0.15, 0.2) is 84.9 Å². The molecule has 0 bridgehead atoms. The zero-order chi connectivity index (χ0) is 27.1. The number of hydrogen-bond acceptors (Lipinski definition) is 0. The van der Waals surface area contributed by atoms with Gasteiger partial charge in [-0.2, -0.15) is 0 Å². The molecule has 0 heterocycles. The molecular formula is C32H24Au2F4P2+2. The summed E-state index contributed by atoms with van der Waals surface area (Å²) in [6, 6.07) is 29.2. The van der Waals surface area contributed by atoms with Crippen LogP contribution in [0.25, 0.3) is 22.3 Å². The minimum absolute atomic E-state index is 0. The Balaban J connectivity index is 0.000000216. The van der Waals surface area contributed by atoms with Gasteiger partial charge in [0, 0.05) is 0 Å². The summed E-state index contributed by atoms with van der Waals surface area (Å²) in [6.45, 7) is 0. The Hall–Kier alpha value is -1.94. The molecule has 4 aromatic rings. The van der Waals surface area contributed by atoms with Gasteiger partial charge >= 0.3 is 61.8 Å². The minimum Gasteiger partial charge on any atom is -0.366 e. The minimum atomic E-state index is -3.38. The molecule has 0 saturated carbocycles. The third-order valence-corrected chi connectivity index (χ3v) is 8.13. The predicted molar refractivity (Wildman–Crippen MR) is 153 cm³/mol. The van der Waals surface area contributed by atoms with Crippen LogP contribution in [-0.4, -0.2) is 12.3 Å². The Labute approximate surface area is 267 Å². The zero-order valence-electron chi connectivity index (χ0n) is 21.0. The van der Waals surface area contributed by atoms with Gasteiger partial charge in [0.05, 0.1) is 0 Å². The van der Waals surface area contributed by atoms with E-state index in [0.717, 1.165) is 24.0 Å². The third-order valence-electron chi connectivity index (χ3n) is 6.38. The van der Waals surface area contributed by atoms with E-state index in [4.69, 9.17) is 12.8 Å². The van der Waals surface area contributed by atoms with Gasteiger partial charge in [-0.25, -0.2) is 0 Å². The van der Waals surface area contributed by atoms with Crippen molar-refractivity contribution in [1.29, 1.82) is 0 Å². The molecule has 2 aliphatic rings. The van der Waals surface area contributed by atoms with Gasteiger partial charge in [0.2, 0.25) is 0 Å². The Morgan fingerprint density at radius 2 is 0.875 bits per heavy atom. The summed E-state index contributed by atoms with van der Waals surface area (Å²) in [4.78, 5) is 0. The smallest absolute Gasteiger partial charge is 0.366 e. The van der Waals surface area contributed by atoms with Crippen LogP contribution in [-0.2, 0) is 57.6 Å². The molecule has 8 heteroatoms. The molecule has 0 amide bonds. The normalized spacial score (nSPS) is 11.0. The van der Waals surface area contributed by atoms with E-state index in [-0.39, 0.29) is 44.8 Å². The SMILES string of the molecule is F[PH+](F)CC[PH+](F)F.[Au+].[Au+].[C-]#Cc1ccc2c(c1)Cc1ccccc1-2.[C-]#Cc1ccc2c(c1)Cc1ccccc1-2. The molecule has 0 atom stereocenters. The van der Waals surface area contributed by atoms with Crippen LogP contribution in [0.3, 0.4) is 0 Å². The first-order chi connectivity index (χ1) is 18.4. The van der Waals surface area contributed by atoms with Crippen molar-refractivity contribution >= 4 is 17.1 Å². The van der Waals surface area contributed by atoms with Gasteiger partial charge in [0.1, 0.15) is 0 Å². The Kier molecular flexibility index (Phi) is 14.1. The van der Waals surface area contributed by atoms with Crippen molar-refractivity contribution in [2.45, 2.75) is 12.8 Å². The quantitative estimate of drug-likeness (QED) is 0.0546. The molecule has 0 aromatic heterocycles. The van der Waals surface area contributed by atoms with Gasteiger partial charge in [-0.1, -0.05) is 71.8 Å². The molecule has 0 unspecified atom stereocenters. The summed E-state index contributed by atoms with van der Waals surface area (Å²) < 4.78 is 44.7. The Bertz CT molecular complexity index is 1410. The van der Waals surface area contributed by atoms with Gasteiger partial charge in [-0.3, -0.25) is 11.8 Å². The maximum absolute atomic E-state index is 11.2. The maximum atomic E-state index is 11.2. The fraction of sp³-hybridized carbons (Fsp3) is 0.125. The number of halogens is 4. The van der Waals surface area contributed by atoms with Crippen LogP contribution < -0.4 is 0 Å². The van der Waals surface area contributed by atoms with Crippen molar-refractivity contribution in [3.8, 4) is 34.1 Å². The summed E-state index contributed by atoms with van der Waals surface area (Å²) in [5.74, 6) is 4.87. The zero-order valence-corrected chi connectivity index (χ0v) is 27.4. The second-order valence-electron chi connectivity index (χ2n) is 8.84. The fourth-order valence-electron chi connectivity index (χ4n) is 4.63. The Morgan fingerprint density at radius 1 is 0.525 bits per heavy atom. The van der Waals surface area contributed by atoms with Gasteiger partial charge in [-0.05, 0) is 63.0 Å². The van der Waals surface area contributed by atoms with Crippen LogP contribution in [0.4, 0.5) is 16.8 Å². The van der Waals surface area contributed by atoms with Crippen LogP contribution in [0.1, 0.15) is 33.4 Å². The standard InChI is InChI=1S/2C15H9.C2H4F4P2.2Au/c2*1-2-11-7-8-15-13(9-11)10-12-5-3-4-6-14(12)15;3-7(4)1-2-8(5)6;;/h2*3-9H,10H2;1-2H2;;/q2*-1;;2*+1/p+2. The maximum Gasteiger partial charge on any atom is 1.00 e. The van der Waals surface area contributed by atoms with Gasteiger partial charge < -0.3 is 12.8 Å². The topological polar surface area (TPSA) is 0 Å². The summed E-state index contributed by atoms with van der Waals surface area (Å²) >= 11 is 0. The first-order valence-electron chi connectivity index (χ1n) is 12.0. The second-order valence-corrected chi connectivity index (χ2v) is 11.2. The molecular weight excluding hydrogens is 916 g/mol. The van der Waals surface area contributed by atoms with Gasteiger partial charge in [-0.15, -0.1) is 35.4 Å². The van der Waals surface area contributed by atoms with E-state index in [0.29, 0.717) is 0 Å². The predicted octanol–water partition coefficient (Wildman–Crippen LogP) is 9.34. The van der Waals surface area contributed by atoms with Crippen molar-refractivity contribution < 1.29 is 61.5 Å². The molecule has 0 fully saturated rings. The Morgan fingerprint density at radius 3 is 1.23 bits per heavy atom. The van der Waals surface area contributed by atoms with E-state index in [9.17, 15) is 16.8 Å². The third kappa shape index (κ3) is 8.78. The first-order valence-corrected chi connectivity index (χ1v) is 14.9. The van der Waals surface area contributed by atoms with Crippen LogP contribution in [0.2, 0.25) is 0 Å². The van der Waals surface area contributed by atoms with E-state index in [1.807, 2.05) is 12.1 Å². The molecule has 210 valence electrons. The summed E-state index contributed by atoms with van der Waals surface area (Å²) in [5.41, 5.74) is 12.4. The number of benzene rings is 4. The van der Waals surface area contributed by atoms with E-state index < -0.39 is 29.4 Å². The summed E-state index contributed by atoms with van der Waals surface area (Å²) in [5, 5.41) is 0. The average molecular weight is 940 g/mol. The monoisotopic (exact) mass is 940 g/mol. The number of hydrogen-bond donors (Lipinski definition) is 0. The molecule has 0 radical (unpaired) electrons. The summed E-state index contributed by atoms with van der Waals surface area (Å²) in [7, 11) is -6.77. The molecule has 40 heavy (non-hydrogen) atoms. The fourth-order valence-corrected chi connectivity index (χ4v) is 6.15. The van der Waals surface area contributed by atoms with Crippen molar-refractivity contribution in [3.05, 3.63) is 131 Å². The number of rotatable bonds is 3. The molecule has 0 aliphatic heterocycles. The van der Waals surface area contributed by atoms with Crippen LogP contribution >= 0.6 is 17.1 Å².